The molecular formula is C45H77N3O16P2. The quantitative estimate of drug-likeness (QED) is 0.0123. The summed E-state index contributed by atoms with van der Waals surface area (Å²) in [5.41, 5.74) is 4.57. The van der Waals surface area contributed by atoms with Crippen molar-refractivity contribution in [3.8, 4) is 0 Å². The second-order valence-electron chi connectivity index (χ2n) is 16.9. The van der Waals surface area contributed by atoms with Crippen molar-refractivity contribution in [1.29, 1.82) is 0 Å². The second kappa shape index (κ2) is 33.4. The Kier molecular flexibility index (Phi) is 29.9. The van der Waals surface area contributed by atoms with Gasteiger partial charge < -0.3 is 45.1 Å². The number of rotatable bonds is 37. The highest BCUT2D eigenvalue weighted by molar-refractivity contribution is 7.61. The van der Waals surface area contributed by atoms with Crippen molar-refractivity contribution in [2.24, 2.45) is 5.92 Å². The molecule has 0 aromatic carbocycles. The molecule has 1 aliphatic rings. The molecule has 21 heteroatoms. The Labute approximate surface area is 390 Å². The lowest BCUT2D eigenvalue weighted by atomic mass is 10.0. The van der Waals surface area contributed by atoms with E-state index in [1.165, 1.54) is 38.2 Å². The van der Waals surface area contributed by atoms with Crippen molar-refractivity contribution < 1.29 is 71.4 Å². The minimum atomic E-state index is -5.43. The monoisotopic (exact) mass is 977 g/mol. The number of ether oxygens (including phenoxy) is 3. The average Bonchev–Trinajstić information content (AvgIpc) is 3.53. The fourth-order valence-corrected chi connectivity index (χ4v) is 8.94. The molecule has 0 saturated carbocycles. The van der Waals surface area contributed by atoms with Crippen molar-refractivity contribution in [2.45, 2.75) is 186 Å². The molecule has 3 unspecified atom stereocenters. The van der Waals surface area contributed by atoms with Crippen LogP contribution in [0.1, 0.15) is 155 Å². The van der Waals surface area contributed by atoms with E-state index in [1.54, 1.807) is 6.08 Å². The van der Waals surface area contributed by atoms with Crippen LogP contribution in [0.15, 0.2) is 53.5 Å². The number of carbonyl (C=O) groups is 2. The zero-order chi connectivity index (χ0) is 48.8. The minimum Gasteiger partial charge on any atom is -0.462 e. The summed E-state index contributed by atoms with van der Waals surface area (Å²) in [6.45, 7) is 4.15. The summed E-state index contributed by atoms with van der Waals surface area (Å²) < 4.78 is 56.6. The Balaban J connectivity index is 1.84. The third kappa shape index (κ3) is 27.1. The molecule has 1 aromatic rings. The number of anilines is 1. The van der Waals surface area contributed by atoms with Gasteiger partial charge in [-0.15, -0.1) is 0 Å². The topological polar surface area (TPSA) is 286 Å². The molecule has 66 heavy (non-hydrogen) atoms. The largest absolute Gasteiger partial charge is 0.481 e. The van der Waals surface area contributed by atoms with Gasteiger partial charge in [0.1, 0.15) is 30.7 Å². The second-order valence-corrected chi connectivity index (χ2v) is 20.0. The van der Waals surface area contributed by atoms with Crippen LogP contribution in [0.2, 0.25) is 0 Å². The summed E-state index contributed by atoms with van der Waals surface area (Å²) >= 11 is 0. The number of hydrogen-bond donors (Lipinski definition) is 6. The first-order valence-corrected chi connectivity index (χ1v) is 26.5. The smallest absolute Gasteiger partial charge is 0.462 e. The van der Waals surface area contributed by atoms with Gasteiger partial charge in [-0.05, 0) is 50.5 Å². The van der Waals surface area contributed by atoms with Gasteiger partial charge in [0, 0.05) is 19.0 Å². The molecule has 7 N–H and O–H groups in total. The molecule has 1 fully saturated rings. The van der Waals surface area contributed by atoms with Crippen LogP contribution >= 0.6 is 15.6 Å². The molecule has 1 aromatic heterocycles. The molecule has 2 rings (SSSR count). The highest BCUT2D eigenvalue weighted by Crippen LogP contribution is 2.60. The molecule has 0 aliphatic carbocycles. The Morgan fingerprint density at radius 2 is 1.44 bits per heavy atom. The van der Waals surface area contributed by atoms with Gasteiger partial charge in [0.15, 0.2) is 12.3 Å². The van der Waals surface area contributed by atoms with Crippen LogP contribution in [0.25, 0.3) is 0 Å². The van der Waals surface area contributed by atoms with Gasteiger partial charge in [0.25, 0.3) is 0 Å². The van der Waals surface area contributed by atoms with Crippen LogP contribution in [0, 0.1) is 5.92 Å². The first-order chi connectivity index (χ1) is 31.4. The van der Waals surface area contributed by atoms with Gasteiger partial charge in [0.2, 0.25) is 0 Å². The van der Waals surface area contributed by atoms with Crippen molar-refractivity contribution in [2.75, 3.05) is 25.6 Å². The van der Waals surface area contributed by atoms with E-state index in [0.717, 1.165) is 80.9 Å². The Bertz CT molecular complexity index is 1780. The number of nitrogen functional groups attached to an aromatic ring is 1. The number of aliphatic hydroxyl groups excluding tert-OH is 3. The molecule has 19 nitrogen and oxygen atoms in total. The standard InChI is InChI=1S/C45H77N3O16P2/c1-4-5-20-26-36(49)27-22-17-13-9-7-10-14-18-23-28-40(50)59-32-37(62-41(51)29-24-19-15-11-6-8-12-16-21-25-35(2)3)33-60-65(55,56)64-66(57,58)61-34-38-42(52)43(53)44(63-38)48-31-30-39(46)47-45(48)54/h5,13,17,20,22,27,30-31,35-38,42-44,49,52-53H,4,6-12,14-16,18-19,21,23-26,28-29,32-34H2,1-3H3,(H,55,56)(H,57,58)(H2,46,47,54)/b17-13+,20-5+,27-22+/t36?,37-,38-,42-,43-,44-/m1/s1. The maximum atomic E-state index is 12.8. The van der Waals surface area contributed by atoms with Gasteiger partial charge in [-0.2, -0.15) is 9.29 Å². The Hall–Kier alpha value is -3.06. The third-order valence-electron chi connectivity index (χ3n) is 10.5. The lowest BCUT2D eigenvalue weighted by molar-refractivity contribution is -0.161. The van der Waals surface area contributed by atoms with Crippen molar-refractivity contribution in [1.82, 2.24) is 9.55 Å². The number of nitrogens with zero attached hydrogens (tertiary/aromatic N) is 2. The molecule has 378 valence electrons. The number of unbranched alkanes of at least 4 members (excludes halogenated alkanes) is 13. The summed E-state index contributed by atoms with van der Waals surface area (Å²) in [5, 5.41) is 30.8. The van der Waals surface area contributed by atoms with Crippen molar-refractivity contribution in [3.63, 3.8) is 0 Å². The predicted molar refractivity (Wildman–Crippen MR) is 249 cm³/mol. The first-order valence-electron chi connectivity index (χ1n) is 23.5. The van der Waals surface area contributed by atoms with Crippen LogP contribution in [0.4, 0.5) is 5.82 Å². The molecule has 1 aliphatic heterocycles. The number of esters is 2. The predicted octanol–water partition coefficient (Wildman–Crippen LogP) is 7.66. The maximum absolute atomic E-state index is 12.8. The highest BCUT2D eigenvalue weighted by Gasteiger charge is 2.46. The summed E-state index contributed by atoms with van der Waals surface area (Å²) in [5.74, 6) is -0.632. The van der Waals surface area contributed by atoms with Gasteiger partial charge in [-0.1, -0.05) is 134 Å². The molecule has 0 radical (unpaired) electrons. The number of phosphoric acid groups is 2. The van der Waals surface area contributed by atoms with Gasteiger partial charge >= 0.3 is 33.3 Å². The van der Waals surface area contributed by atoms with Crippen LogP contribution < -0.4 is 11.4 Å². The average molecular weight is 978 g/mol. The van der Waals surface area contributed by atoms with E-state index in [0.29, 0.717) is 19.3 Å². The zero-order valence-electron chi connectivity index (χ0n) is 39.0. The normalized spacial score (nSPS) is 20.6. The number of carbonyl (C=O) groups excluding carboxylic acids is 2. The fourth-order valence-electron chi connectivity index (χ4n) is 6.83. The van der Waals surface area contributed by atoms with Gasteiger partial charge in [-0.25, -0.2) is 13.9 Å². The van der Waals surface area contributed by atoms with Crippen LogP contribution in [0.3, 0.4) is 0 Å². The summed E-state index contributed by atoms with van der Waals surface area (Å²) in [7, 11) is -10.9. The molecule has 0 amide bonds. The fraction of sp³-hybridized carbons (Fsp3) is 0.733. The van der Waals surface area contributed by atoms with E-state index in [1.807, 2.05) is 37.3 Å². The number of aromatic nitrogens is 2. The molecular weight excluding hydrogens is 900 g/mol. The van der Waals surface area contributed by atoms with Gasteiger partial charge in [-0.3, -0.25) is 23.2 Å². The molecule has 0 spiro atoms. The SMILES string of the molecule is CC/C=C/CC(O)/C=C/C=C/CCCCCCCC(=O)OC[C@H](COP(=O)(O)OP(=O)(O)OC[C@H]1O[C@@H](n2ccc(N)nc2=O)[C@H](O)[C@@H]1O)OC(=O)CCCCCCCCCCCC(C)C. The lowest BCUT2D eigenvalue weighted by Crippen LogP contribution is -2.36. The summed E-state index contributed by atoms with van der Waals surface area (Å²) in [6, 6.07) is 1.24. The first kappa shape index (κ1) is 59.1. The molecule has 1 saturated heterocycles. The lowest BCUT2D eigenvalue weighted by Gasteiger charge is -2.21. The number of hydrogen-bond acceptors (Lipinski definition) is 16. The van der Waals surface area contributed by atoms with Crippen LogP contribution in [0.5, 0.6) is 0 Å². The van der Waals surface area contributed by atoms with E-state index in [4.69, 9.17) is 29.0 Å². The van der Waals surface area contributed by atoms with E-state index < -0.39 is 89.8 Å². The Morgan fingerprint density at radius 1 is 0.833 bits per heavy atom. The van der Waals surface area contributed by atoms with E-state index in [9.17, 15) is 48.6 Å². The summed E-state index contributed by atoms with van der Waals surface area (Å²) in [6.07, 6.45) is 21.6. The van der Waals surface area contributed by atoms with Crippen LogP contribution in [-0.2, 0) is 46.3 Å². The minimum absolute atomic E-state index is 0.0350. The third-order valence-corrected chi connectivity index (χ3v) is 13.1. The molecule has 8 atom stereocenters. The summed E-state index contributed by atoms with van der Waals surface area (Å²) in [4.78, 5) is 61.7. The number of aliphatic hydroxyl groups is 3. The number of phosphoric ester groups is 2. The number of nitrogens with two attached hydrogens (primary N) is 1. The molecule has 0 bridgehead atoms. The van der Waals surface area contributed by atoms with E-state index in [2.05, 4.69) is 23.1 Å². The number of allylic oxidation sites excluding steroid dienone is 4. The van der Waals surface area contributed by atoms with Gasteiger partial charge in [0.05, 0.1) is 19.3 Å². The maximum Gasteiger partial charge on any atom is 0.481 e. The van der Waals surface area contributed by atoms with E-state index >= 15 is 0 Å². The highest BCUT2D eigenvalue weighted by atomic mass is 31.3. The van der Waals surface area contributed by atoms with Crippen molar-refractivity contribution >= 4 is 33.4 Å². The zero-order valence-corrected chi connectivity index (χ0v) is 40.8. The van der Waals surface area contributed by atoms with Crippen LogP contribution in [-0.4, -0.2) is 96.9 Å². The van der Waals surface area contributed by atoms with Crippen molar-refractivity contribution in [3.05, 3.63) is 59.2 Å². The van der Waals surface area contributed by atoms with E-state index in [-0.39, 0.29) is 18.7 Å². The Morgan fingerprint density at radius 3 is 2.08 bits per heavy atom. The molecule has 2 heterocycles.